The van der Waals surface area contributed by atoms with Gasteiger partial charge in [-0.25, -0.2) is 0 Å². The number of hydrogen-bond acceptors (Lipinski definition) is 5. The summed E-state index contributed by atoms with van der Waals surface area (Å²) in [6, 6.07) is 0. The molecule has 2 saturated heterocycles. The van der Waals surface area contributed by atoms with Crippen LogP contribution in [-0.4, -0.2) is 88.6 Å². The molecule has 0 spiro atoms. The zero-order chi connectivity index (χ0) is 16.3. The first-order valence-corrected chi connectivity index (χ1v) is 8.96. The van der Waals surface area contributed by atoms with E-state index in [1.54, 1.807) is 16.7 Å². The van der Waals surface area contributed by atoms with Crippen LogP contribution in [0.15, 0.2) is 0 Å². The topological polar surface area (TPSA) is 64.1 Å². The molecule has 0 unspecified atom stereocenters. The van der Waals surface area contributed by atoms with E-state index in [1.807, 2.05) is 25.7 Å². The average molecular weight is 329 g/mol. The first-order chi connectivity index (χ1) is 10.3. The maximum Gasteiger partial charge on any atom is 0.242 e. The number of aliphatic hydroxyl groups excluding tert-OH is 1. The molecule has 2 aliphatic rings. The standard InChI is InChI=1S/C15H27N3O3S/c1-15(2,3)12(19)8-16-4-6-17(7-5-16)13(20)9-18-11-22-10-14(18)21/h12,19H,4-11H2,1-3H3/t12-/m1/s1. The molecule has 126 valence electrons. The molecule has 2 amide bonds. The Morgan fingerprint density at radius 3 is 2.41 bits per heavy atom. The predicted octanol–water partition coefficient (Wildman–Crippen LogP) is 0.0705. The predicted molar refractivity (Wildman–Crippen MR) is 87.5 cm³/mol. The van der Waals surface area contributed by atoms with E-state index in [0.717, 1.165) is 13.1 Å². The van der Waals surface area contributed by atoms with Crippen molar-refractivity contribution in [2.45, 2.75) is 26.9 Å². The van der Waals surface area contributed by atoms with E-state index in [0.29, 0.717) is 31.3 Å². The van der Waals surface area contributed by atoms with E-state index >= 15 is 0 Å². The van der Waals surface area contributed by atoms with E-state index in [4.69, 9.17) is 0 Å². The van der Waals surface area contributed by atoms with Gasteiger partial charge >= 0.3 is 0 Å². The lowest BCUT2D eigenvalue weighted by Crippen LogP contribution is -2.53. The Bertz CT molecular complexity index is 417. The lowest BCUT2D eigenvalue weighted by atomic mass is 9.89. The molecular weight excluding hydrogens is 302 g/mol. The van der Waals surface area contributed by atoms with Crippen LogP contribution in [-0.2, 0) is 9.59 Å². The van der Waals surface area contributed by atoms with Crippen LogP contribution in [0.3, 0.4) is 0 Å². The van der Waals surface area contributed by atoms with Crippen molar-refractivity contribution in [1.29, 1.82) is 0 Å². The highest BCUT2D eigenvalue weighted by atomic mass is 32.2. The summed E-state index contributed by atoms with van der Waals surface area (Å²) in [5, 5.41) is 10.2. The fourth-order valence-electron chi connectivity index (χ4n) is 2.50. The maximum absolute atomic E-state index is 12.2. The number of β-amino-alcohol motifs (C(OH)–C–C–N with tert-alkyl or cyclic N) is 1. The van der Waals surface area contributed by atoms with Crippen LogP contribution in [0.1, 0.15) is 20.8 Å². The summed E-state index contributed by atoms with van der Waals surface area (Å²) < 4.78 is 0. The summed E-state index contributed by atoms with van der Waals surface area (Å²) in [6.07, 6.45) is -0.367. The Hall–Kier alpha value is -0.790. The van der Waals surface area contributed by atoms with Crippen LogP contribution in [0.2, 0.25) is 0 Å². The molecule has 2 heterocycles. The minimum Gasteiger partial charge on any atom is -0.391 e. The van der Waals surface area contributed by atoms with E-state index in [2.05, 4.69) is 4.90 Å². The Kier molecular flexibility index (Phi) is 5.74. The van der Waals surface area contributed by atoms with Gasteiger partial charge in [-0.05, 0) is 5.41 Å². The van der Waals surface area contributed by atoms with Crippen molar-refractivity contribution in [3.63, 3.8) is 0 Å². The molecule has 1 atom stereocenters. The first-order valence-electron chi connectivity index (χ1n) is 7.81. The van der Waals surface area contributed by atoms with E-state index < -0.39 is 0 Å². The number of hydrogen-bond donors (Lipinski definition) is 1. The van der Waals surface area contributed by atoms with Crippen molar-refractivity contribution in [2.24, 2.45) is 5.41 Å². The molecule has 0 saturated carbocycles. The molecule has 2 aliphatic heterocycles. The van der Waals surface area contributed by atoms with Gasteiger partial charge in [0.25, 0.3) is 0 Å². The van der Waals surface area contributed by atoms with Crippen molar-refractivity contribution >= 4 is 23.6 Å². The molecule has 1 N–H and O–H groups in total. The molecular formula is C15H27N3O3S. The number of carbonyl (C=O) groups excluding carboxylic acids is 2. The summed E-state index contributed by atoms with van der Waals surface area (Å²) >= 11 is 1.56. The van der Waals surface area contributed by atoms with Crippen LogP contribution in [0.4, 0.5) is 0 Å². The molecule has 0 aromatic carbocycles. The zero-order valence-corrected chi connectivity index (χ0v) is 14.6. The van der Waals surface area contributed by atoms with Gasteiger partial charge in [-0.2, -0.15) is 0 Å². The third-order valence-electron chi connectivity index (χ3n) is 4.31. The molecule has 6 nitrogen and oxygen atoms in total. The molecule has 7 heteroatoms. The summed E-state index contributed by atoms with van der Waals surface area (Å²) in [7, 11) is 0. The lowest BCUT2D eigenvalue weighted by molar-refractivity contribution is -0.139. The smallest absolute Gasteiger partial charge is 0.242 e. The lowest BCUT2D eigenvalue weighted by Gasteiger charge is -2.38. The van der Waals surface area contributed by atoms with Crippen molar-refractivity contribution in [3.8, 4) is 0 Å². The van der Waals surface area contributed by atoms with Gasteiger partial charge in [-0.15, -0.1) is 11.8 Å². The Morgan fingerprint density at radius 2 is 1.91 bits per heavy atom. The van der Waals surface area contributed by atoms with Gasteiger partial charge in [0.2, 0.25) is 11.8 Å². The van der Waals surface area contributed by atoms with Crippen molar-refractivity contribution in [2.75, 3.05) is 50.9 Å². The largest absolute Gasteiger partial charge is 0.391 e. The summed E-state index contributed by atoms with van der Waals surface area (Å²) in [6.45, 7) is 9.84. The average Bonchev–Trinajstić information content (AvgIpc) is 2.84. The SMILES string of the molecule is CC(C)(C)[C@H](O)CN1CCN(C(=O)CN2CSCC2=O)CC1. The second-order valence-electron chi connectivity index (χ2n) is 7.13. The van der Waals surface area contributed by atoms with E-state index in [-0.39, 0.29) is 29.9 Å². The van der Waals surface area contributed by atoms with Crippen LogP contribution < -0.4 is 0 Å². The summed E-state index contributed by atoms with van der Waals surface area (Å²) in [4.78, 5) is 29.5. The normalized spacial score (nSPS) is 22.3. The number of amides is 2. The van der Waals surface area contributed by atoms with Crippen molar-refractivity contribution in [1.82, 2.24) is 14.7 Å². The van der Waals surface area contributed by atoms with Gasteiger partial charge in [0, 0.05) is 32.7 Å². The third kappa shape index (κ3) is 4.60. The Labute approximate surface area is 136 Å². The zero-order valence-electron chi connectivity index (χ0n) is 13.7. The van der Waals surface area contributed by atoms with Gasteiger partial charge in [-0.3, -0.25) is 14.5 Å². The number of carbonyl (C=O) groups is 2. The van der Waals surface area contributed by atoms with Gasteiger partial charge in [0.05, 0.1) is 17.7 Å². The fourth-order valence-corrected chi connectivity index (χ4v) is 3.41. The Balaban J connectivity index is 1.74. The molecule has 0 aromatic rings. The van der Waals surface area contributed by atoms with Crippen molar-refractivity contribution < 1.29 is 14.7 Å². The monoisotopic (exact) mass is 329 g/mol. The molecule has 0 bridgehead atoms. The molecule has 22 heavy (non-hydrogen) atoms. The van der Waals surface area contributed by atoms with Gasteiger partial charge < -0.3 is 14.9 Å². The van der Waals surface area contributed by atoms with Gasteiger partial charge in [-0.1, -0.05) is 20.8 Å². The molecule has 2 fully saturated rings. The van der Waals surface area contributed by atoms with Crippen LogP contribution in [0.5, 0.6) is 0 Å². The van der Waals surface area contributed by atoms with Gasteiger partial charge in [0.1, 0.15) is 6.54 Å². The number of thioether (sulfide) groups is 1. The summed E-state index contributed by atoms with van der Waals surface area (Å²) in [5.74, 6) is 1.21. The van der Waals surface area contributed by atoms with Crippen LogP contribution >= 0.6 is 11.8 Å². The fraction of sp³-hybridized carbons (Fsp3) is 0.867. The minimum atomic E-state index is -0.367. The molecule has 2 rings (SSSR count). The van der Waals surface area contributed by atoms with Crippen LogP contribution in [0.25, 0.3) is 0 Å². The number of aliphatic hydroxyl groups is 1. The maximum atomic E-state index is 12.2. The van der Waals surface area contributed by atoms with Crippen LogP contribution in [0, 0.1) is 5.41 Å². The molecule has 0 aromatic heterocycles. The number of rotatable bonds is 4. The summed E-state index contributed by atoms with van der Waals surface area (Å²) in [5.41, 5.74) is -0.124. The Morgan fingerprint density at radius 1 is 1.27 bits per heavy atom. The highest BCUT2D eigenvalue weighted by Crippen LogP contribution is 2.20. The second-order valence-corrected chi connectivity index (χ2v) is 8.09. The highest BCUT2D eigenvalue weighted by molar-refractivity contribution is 8.00. The quantitative estimate of drug-likeness (QED) is 0.791. The van der Waals surface area contributed by atoms with E-state index in [9.17, 15) is 14.7 Å². The highest BCUT2D eigenvalue weighted by Gasteiger charge is 2.29. The second kappa shape index (κ2) is 7.19. The number of nitrogens with zero attached hydrogens (tertiary/aromatic N) is 3. The minimum absolute atomic E-state index is 0.0341. The molecule has 0 radical (unpaired) electrons. The number of piperazine rings is 1. The van der Waals surface area contributed by atoms with Gasteiger partial charge in [0.15, 0.2) is 0 Å². The van der Waals surface area contributed by atoms with Crippen molar-refractivity contribution in [3.05, 3.63) is 0 Å². The first kappa shape index (κ1) is 17.6. The third-order valence-corrected chi connectivity index (χ3v) is 5.25. The molecule has 0 aliphatic carbocycles. The van der Waals surface area contributed by atoms with E-state index in [1.165, 1.54) is 0 Å².